The standard InChI is InChI=1S/C16H14O/c17-13-16(11-14-7-3-1-4-8-14)12-15-9-5-2-6-10-15/h1-11,13H,12H2/b16-11+. The Morgan fingerprint density at radius 1 is 0.882 bits per heavy atom. The Balaban J connectivity index is 2.18. The Morgan fingerprint density at radius 2 is 1.47 bits per heavy atom. The van der Waals surface area contributed by atoms with E-state index < -0.39 is 0 Å². The van der Waals surface area contributed by atoms with Gasteiger partial charge in [-0.1, -0.05) is 60.7 Å². The molecule has 0 aliphatic rings. The number of carbonyl (C=O) groups is 1. The van der Waals surface area contributed by atoms with Gasteiger partial charge in [-0.15, -0.1) is 0 Å². The Kier molecular flexibility index (Phi) is 3.87. The largest absolute Gasteiger partial charge is 0.298 e. The molecule has 2 rings (SSSR count). The van der Waals surface area contributed by atoms with Gasteiger partial charge in [0.1, 0.15) is 6.29 Å². The molecule has 0 spiro atoms. The van der Waals surface area contributed by atoms with Crippen LogP contribution in [0.2, 0.25) is 0 Å². The molecule has 0 N–H and O–H groups in total. The van der Waals surface area contributed by atoms with Gasteiger partial charge in [-0.2, -0.15) is 0 Å². The van der Waals surface area contributed by atoms with E-state index in [1.54, 1.807) is 0 Å². The van der Waals surface area contributed by atoms with Crippen LogP contribution in [0, 0.1) is 0 Å². The zero-order chi connectivity index (χ0) is 11.9. The van der Waals surface area contributed by atoms with Crippen molar-refractivity contribution < 1.29 is 4.79 Å². The highest BCUT2D eigenvalue weighted by atomic mass is 16.1. The van der Waals surface area contributed by atoms with E-state index in [0.29, 0.717) is 6.42 Å². The van der Waals surface area contributed by atoms with E-state index in [1.807, 2.05) is 66.7 Å². The fourth-order valence-corrected chi connectivity index (χ4v) is 1.72. The molecule has 0 aliphatic heterocycles. The number of carbonyl (C=O) groups excluding carboxylic acids is 1. The van der Waals surface area contributed by atoms with Gasteiger partial charge in [-0.05, 0) is 22.8 Å². The quantitative estimate of drug-likeness (QED) is 0.571. The minimum absolute atomic E-state index is 0.680. The van der Waals surface area contributed by atoms with Crippen LogP contribution in [0.25, 0.3) is 6.08 Å². The number of allylic oxidation sites excluding steroid dienone is 1. The molecule has 0 atom stereocenters. The zero-order valence-electron chi connectivity index (χ0n) is 9.54. The third-order valence-electron chi connectivity index (χ3n) is 2.55. The molecule has 0 aliphatic carbocycles. The summed E-state index contributed by atoms with van der Waals surface area (Å²) in [6, 6.07) is 19.9. The van der Waals surface area contributed by atoms with Crippen molar-refractivity contribution in [2.75, 3.05) is 0 Å². The van der Waals surface area contributed by atoms with Gasteiger partial charge in [0.25, 0.3) is 0 Å². The zero-order valence-corrected chi connectivity index (χ0v) is 9.54. The minimum atomic E-state index is 0.680. The first-order valence-corrected chi connectivity index (χ1v) is 5.63. The van der Waals surface area contributed by atoms with Crippen molar-refractivity contribution in [2.24, 2.45) is 0 Å². The highest BCUT2D eigenvalue weighted by Crippen LogP contribution is 2.10. The van der Waals surface area contributed by atoms with Gasteiger partial charge >= 0.3 is 0 Å². The second-order valence-corrected chi connectivity index (χ2v) is 3.91. The second-order valence-electron chi connectivity index (χ2n) is 3.91. The van der Waals surface area contributed by atoms with E-state index in [0.717, 1.165) is 23.0 Å². The lowest BCUT2D eigenvalue weighted by Gasteiger charge is -2.01. The molecule has 0 heterocycles. The van der Waals surface area contributed by atoms with Gasteiger partial charge < -0.3 is 0 Å². The smallest absolute Gasteiger partial charge is 0.146 e. The summed E-state index contributed by atoms with van der Waals surface area (Å²) in [5.41, 5.74) is 3.01. The van der Waals surface area contributed by atoms with E-state index in [4.69, 9.17) is 0 Å². The van der Waals surface area contributed by atoms with Crippen LogP contribution in [0.5, 0.6) is 0 Å². The monoisotopic (exact) mass is 222 g/mol. The Labute approximate surface area is 101 Å². The van der Waals surface area contributed by atoms with Crippen molar-refractivity contribution in [1.29, 1.82) is 0 Å². The van der Waals surface area contributed by atoms with Crippen molar-refractivity contribution in [3.63, 3.8) is 0 Å². The molecule has 0 saturated heterocycles. The topological polar surface area (TPSA) is 17.1 Å². The van der Waals surface area contributed by atoms with E-state index in [9.17, 15) is 4.79 Å². The minimum Gasteiger partial charge on any atom is -0.298 e. The molecule has 1 nitrogen and oxygen atoms in total. The first-order chi connectivity index (χ1) is 8.38. The lowest BCUT2D eigenvalue weighted by atomic mass is 10.0. The summed E-state index contributed by atoms with van der Waals surface area (Å²) < 4.78 is 0. The fraction of sp³-hybridized carbons (Fsp3) is 0.0625. The van der Waals surface area contributed by atoms with Gasteiger partial charge in [-0.3, -0.25) is 4.79 Å². The number of hydrogen-bond acceptors (Lipinski definition) is 1. The number of hydrogen-bond donors (Lipinski definition) is 0. The van der Waals surface area contributed by atoms with Crippen LogP contribution < -0.4 is 0 Å². The number of benzene rings is 2. The lowest BCUT2D eigenvalue weighted by Crippen LogP contribution is -1.91. The second kappa shape index (κ2) is 5.80. The molecule has 0 amide bonds. The predicted molar refractivity (Wildman–Crippen MR) is 70.6 cm³/mol. The van der Waals surface area contributed by atoms with Crippen LogP contribution in [-0.4, -0.2) is 6.29 Å². The third kappa shape index (κ3) is 3.42. The fourth-order valence-electron chi connectivity index (χ4n) is 1.72. The van der Waals surface area contributed by atoms with Crippen molar-refractivity contribution in [3.05, 3.63) is 77.4 Å². The average molecular weight is 222 g/mol. The molecular formula is C16H14O. The summed E-state index contributed by atoms with van der Waals surface area (Å²) in [5, 5.41) is 0. The van der Waals surface area contributed by atoms with Crippen LogP contribution in [0.4, 0.5) is 0 Å². The summed E-state index contributed by atoms with van der Waals surface area (Å²) in [5.74, 6) is 0. The molecule has 0 aromatic heterocycles. The number of rotatable bonds is 4. The summed E-state index contributed by atoms with van der Waals surface area (Å²) >= 11 is 0. The van der Waals surface area contributed by atoms with Crippen molar-refractivity contribution in [1.82, 2.24) is 0 Å². The van der Waals surface area contributed by atoms with Crippen molar-refractivity contribution >= 4 is 12.4 Å². The van der Waals surface area contributed by atoms with Crippen molar-refractivity contribution in [3.8, 4) is 0 Å². The van der Waals surface area contributed by atoms with Crippen LogP contribution in [0.15, 0.2) is 66.2 Å². The SMILES string of the molecule is O=C/C(=C/c1ccccc1)Cc1ccccc1. The molecule has 2 aromatic rings. The normalized spacial score (nSPS) is 11.2. The molecule has 2 aromatic carbocycles. The maximum atomic E-state index is 11.0. The molecule has 0 bridgehead atoms. The van der Waals surface area contributed by atoms with Gasteiger partial charge in [0.05, 0.1) is 0 Å². The molecule has 17 heavy (non-hydrogen) atoms. The molecule has 1 heteroatoms. The number of aldehydes is 1. The van der Waals surface area contributed by atoms with E-state index in [-0.39, 0.29) is 0 Å². The molecule has 0 fully saturated rings. The van der Waals surface area contributed by atoms with Crippen LogP contribution in [0.1, 0.15) is 11.1 Å². The first-order valence-electron chi connectivity index (χ1n) is 5.63. The van der Waals surface area contributed by atoms with Crippen LogP contribution in [0.3, 0.4) is 0 Å². The van der Waals surface area contributed by atoms with E-state index in [1.165, 1.54) is 0 Å². The Hall–Kier alpha value is -2.15. The molecule has 84 valence electrons. The Morgan fingerprint density at radius 3 is 2.06 bits per heavy atom. The lowest BCUT2D eigenvalue weighted by molar-refractivity contribution is -0.104. The first kappa shape index (κ1) is 11.3. The van der Waals surface area contributed by atoms with Gasteiger partial charge in [0.2, 0.25) is 0 Å². The van der Waals surface area contributed by atoms with Crippen LogP contribution >= 0.6 is 0 Å². The highest BCUT2D eigenvalue weighted by molar-refractivity contribution is 5.82. The molecular weight excluding hydrogens is 208 g/mol. The van der Waals surface area contributed by atoms with Crippen LogP contribution in [-0.2, 0) is 11.2 Å². The maximum absolute atomic E-state index is 11.0. The van der Waals surface area contributed by atoms with Gasteiger partial charge in [-0.25, -0.2) is 0 Å². The maximum Gasteiger partial charge on any atom is 0.146 e. The summed E-state index contributed by atoms with van der Waals surface area (Å²) in [6.07, 6.45) is 3.54. The molecule has 0 saturated carbocycles. The average Bonchev–Trinajstić information content (AvgIpc) is 2.40. The highest BCUT2D eigenvalue weighted by Gasteiger charge is 1.98. The summed E-state index contributed by atoms with van der Waals surface area (Å²) in [6.45, 7) is 0. The summed E-state index contributed by atoms with van der Waals surface area (Å²) in [4.78, 5) is 11.0. The van der Waals surface area contributed by atoms with E-state index >= 15 is 0 Å². The van der Waals surface area contributed by atoms with Gasteiger partial charge in [0, 0.05) is 6.42 Å². The Bertz CT molecular complexity index is 498. The van der Waals surface area contributed by atoms with Crippen molar-refractivity contribution in [2.45, 2.75) is 6.42 Å². The molecule has 0 radical (unpaired) electrons. The van der Waals surface area contributed by atoms with E-state index in [2.05, 4.69) is 0 Å². The third-order valence-corrected chi connectivity index (χ3v) is 2.55. The predicted octanol–water partition coefficient (Wildman–Crippen LogP) is 3.51. The molecule has 0 unspecified atom stereocenters. The summed E-state index contributed by atoms with van der Waals surface area (Å²) in [7, 11) is 0. The van der Waals surface area contributed by atoms with Gasteiger partial charge in [0.15, 0.2) is 0 Å².